The van der Waals surface area contributed by atoms with E-state index in [4.69, 9.17) is 5.11 Å². The summed E-state index contributed by atoms with van der Waals surface area (Å²) in [7, 11) is 0. The molecule has 28 heavy (non-hydrogen) atoms. The van der Waals surface area contributed by atoms with Gasteiger partial charge in [-0.15, -0.1) is 11.8 Å². The van der Waals surface area contributed by atoms with Crippen LogP contribution in [-0.4, -0.2) is 28.1 Å². The Morgan fingerprint density at radius 3 is 2.57 bits per heavy atom. The maximum atomic E-state index is 13.9. The quantitative estimate of drug-likeness (QED) is 0.417. The molecule has 0 aromatic heterocycles. The summed E-state index contributed by atoms with van der Waals surface area (Å²) in [4.78, 5) is 35.1. The molecule has 0 saturated heterocycles. The van der Waals surface area contributed by atoms with Gasteiger partial charge >= 0.3 is 5.97 Å². The largest absolute Gasteiger partial charge is 0.478 e. The number of benzene rings is 2. The molecule has 146 valence electrons. The number of carboxylic acid groups (broad SMARTS) is 1. The van der Waals surface area contributed by atoms with E-state index in [1.165, 1.54) is 23.9 Å². The van der Waals surface area contributed by atoms with Gasteiger partial charge in [0.05, 0.1) is 10.9 Å². The number of carbonyl (C=O) groups excluding carboxylic acids is 2. The molecule has 0 saturated carbocycles. The zero-order valence-electron chi connectivity index (χ0n) is 14.6. The second kappa shape index (κ2) is 10.0. The fraction of sp³-hybridized carbons (Fsp3) is 0.105. The zero-order valence-corrected chi connectivity index (χ0v) is 17.0. The van der Waals surface area contributed by atoms with Crippen molar-refractivity contribution in [2.75, 3.05) is 10.6 Å². The van der Waals surface area contributed by atoms with Crippen LogP contribution in [-0.2, 0) is 14.4 Å². The molecule has 9 heteroatoms. The number of carboxylic acids is 1. The minimum absolute atomic E-state index is 0.0897. The molecule has 1 atom stereocenters. The molecule has 2 rings (SSSR count). The van der Waals surface area contributed by atoms with Crippen LogP contribution < -0.4 is 10.6 Å². The van der Waals surface area contributed by atoms with Crippen molar-refractivity contribution in [2.45, 2.75) is 17.1 Å². The van der Waals surface area contributed by atoms with E-state index in [9.17, 15) is 18.8 Å². The first-order chi connectivity index (χ1) is 13.2. The Morgan fingerprint density at radius 2 is 1.89 bits per heavy atom. The predicted molar refractivity (Wildman–Crippen MR) is 110 cm³/mol. The average Bonchev–Trinajstić information content (AvgIpc) is 2.62. The van der Waals surface area contributed by atoms with Crippen molar-refractivity contribution < 1.29 is 23.9 Å². The van der Waals surface area contributed by atoms with Gasteiger partial charge in [-0.3, -0.25) is 9.59 Å². The SMILES string of the molecule is CC(Sc1cccc(NC(=O)/C=C/C(=O)O)c1)C(=O)Nc1ccc(Br)cc1F. The first-order valence-electron chi connectivity index (χ1n) is 7.99. The third kappa shape index (κ3) is 6.82. The van der Waals surface area contributed by atoms with E-state index in [2.05, 4.69) is 26.6 Å². The third-order valence-corrected chi connectivity index (χ3v) is 4.94. The number of thioether (sulfide) groups is 1. The van der Waals surface area contributed by atoms with E-state index < -0.39 is 22.9 Å². The summed E-state index contributed by atoms with van der Waals surface area (Å²) < 4.78 is 14.4. The van der Waals surface area contributed by atoms with Gasteiger partial charge in [0.2, 0.25) is 11.8 Å². The van der Waals surface area contributed by atoms with Crippen molar-refractivity contribution in [1.29, 1.82) is 0 Å². The lowest BCUT2D eigenvalue weighted by atomic mass is 10.3. The average molecular weight is 467 g/mol. The van der Waals surface area contributed by atoms with Crippen LogP contribution in [0.15, 0.2) is 64.0 Å². The van der Waals surface area contributed by atoms with Gasteiger partial charge < -0.3 is 15.7 Å². The molecule has 0 aliphatic rings. The molecule has 2 amide bonds. The van der Waals surface area contributed by atoms with Gasteiger partial charge in [-0.1, -0.05) is 22.0 Å². The number of amides is 2. The van der Waals surface area contributed by atoms with Crippen LogP contribution in [0.4, 0.5) is 15.8 Å². The molecule has 0 radical (unpaired) electrons. The highest BCUT2D eigenvalue weighted by Crippen LogP contribution is 2.27. The molecule has 6 nitrogen and oxygen atoms in total. The second-order valence-corrected chi connectivity index (χ2v) is 7.89. The van der Waals surface area contributed by atoms with Crippen molar-refractivity contribution in [3.63, 3.8) is 0 Å². The monoisotopic (exact) mass is 466 g/mol. The maximum Gasteiger partial charge on any atom is 0.328 e. The minimum atomic E-state index is -1.22. The lowest BCUT2D eigenvalue weighted by Crippen LogP contribution is -2.23. The fourth-order valence-electron chi connectivity index (χ4n) is 2.06. The van der Waals surface area contributed by atoms with Crippen molar-refractivity contribution in [1.82, 2.24) is 0 Å². The molecular formula is C19H16BrFN2O4S. The number of anilines is 2. The normalized spacial score (nSPS) is 11.8. The van der Waals surface area contributed by atoms with Crippen LogP contribution >= 0.6 is 27.7 Å². The summed E-state index contributed by atoms with van der Waals surface area (Å²) in [6.07, 6.45) is 1.65. The Bertz CT molecular complexity index is 936. The smallest absolute Gasteiger partial charge is 0.328 e. The summed E-state index contributed by atoms with van der Waals surface area (Å²) in [5.41, 5.74) is 0.545. The van der Waals surface area contributed by atoms with Gasteiger partial charge in [-0.05, 0) is 43.3 Å². The molecule has 0 aliphatic carbocycles. The molecule has 2 aromatic carbocycles. The number of hydrogen-bond acceptors (Lipinski definition) is 4. The summed E-state index contributed by atoms with van der Waals surface area (Å²) in [5.74, 6) is -2.72. The molecular weight excluding hydrogens is 451 g/mol. The summed E-state index contributed by atoms with van der Waals surface area (Å²) >= 11 is 4.39. The maximum absolute atomic E-state index is 13.9. The molecule has 3 N–H and O–H groups in total. The Labute approximate surface area is 173 Å². The predicted octanol–water partition coefficient (Wildman–Crippen LogP) is 4.29. The van der Waals surface area contributed by atoms with E-state index in [0.717, 1.165) is 12.2 Å². The number of aliphatic carboxylic acids is 1. The second-order valence-electron chi connectivity index (χ2n) is 5.56. The lowest BCUT2D eigenvalue weighted by molar-refractivity contribution is -0.131. The molecule has 0 aliphatic heterocycles. The van der Waals surface area contributed by atoms with Crippen molar-refractivity contribution >= 4 is 56.9 Å². The van der Waals surface area contributed by atoms with Gasteiger partial charge in [0.15, 0.2) is 0 Å². The fourth-order valence-corrected chi connectivity index (χ4v) is 3.32. The van der Waals surface area contributed by atoms with Gasteiger partial charge in [0.25, 0.3) is 0 Å². The molecule has 0 spiro atoms. The Balaban J connectivity index is 1.99. The van der Waals surface area contributed by atoms with Crippen LogP contribution in [0.2, 0.25) is 0 Å². The number of rotatable bonds is 7. The molecule has 1 unspecified atom stereocenters. The lowest BCUT2D eigenvalue weighted by Gasteiger charge is -2.13. The molecule has 0 fully saturated rings. The minimum Gasteiger partial charge on any atom is -0.478 e. The van der Waals surface area contributed by atoms with Crippen LogP contribution in [0.5, 0.6) is 0 Å². The van der Waals surface area contributed by atoms with Crippen LogP contribution in [0.3, 0.4) is 0 Å². The first kappa shape index (κ1) is 21.6. The Kier molecular flexibility index (Phi) is 7.77. The Morgan fingerprint density at radius 1 is 1.14 bits per heavy atom. The molecule has 2 aromatic rings. The van der Waals surface area contributed by atoms with E-state index in [1.54, 1.807) is 37.3 Å². The van der Waals surface area contributed by atoms with Gasteiger partial charge in [-0.25, -0.2) is 9.18 Å². The van der Waals surface area contributed by atoms with Gasteiger partial charge in [0.1, 0.15) is 5.82 Å². The van der Waals surface area contributed by atoms with E-state index in [0.29, 0.717) is 15.1 Å². The standard InChI is InChI=1S/C19H16BrFN2O4S/c1-11(19(27)23-16-6-5-12(20)9-15(16)21)28-14-4-2-3-13(10-14)22-17(24)7-8-18(25)26/h2-11H,1H3,(H,22,24)(H,23,27)(H,25,26)/b8-7+. The number of halogens is 2. The van der Waals surface area contributed by atoms with Crippen molar-refractivity contribution in [3.05, 3.63) is 64.9 Å². The number of nitrogens with one attached hydrogen (secondary N) is 2. The third-order valence-electron chi connectivity index (χ3n) is 3.35. The van der Waals surface area contributed by atoms with E-state index in [1.807, 2.05) is 0 Å². The first-order valence-corrected chi connectivity index (χ1v) is 9.66. The van der Waals surface area contributed by atoms with Gasteiger partial charge in [0, 0.05) is 27.2 Å². The Hall–Kier alpha value is -2.65. The number of carbonyl (C=O) groups is 3. The van der Waals surface area contributed by atoms with E-state index >= 15 is 0 Å². The van der Waals surface area contributed by atoms with Crippen LogP contribution in [0.25, 0.3) is 0 Å². The highest BCUT2D eigenvalue weighted by molar-refractivity contribution is 9.10. The summed E-state index contributed by atoms with van der Waals surface area (Å²) in [6.45, 7) is 1.68. The molecule has 0 heterocycles. The van der Waals surface area contributed by atoms with Gasteiger partial charge in [-0.2, -0.15) is 0 Å². The highest BCUT2D eigenvalue weighted by atomic mass is 79.9. The number of hydrogen-bond donors (Lipinski definition) is 3. The highest BCUT2D eigenvalue weighted by Gasteiger charge is 2.16. The zero-order chi connectivity index (χ0) is 20.7. The topological polar surface area (TPSA) is 95.5 Å². The summed E-state index contributed by atoms with van der Waals surface area (Å²) in [5, 5.41) is 13.1. The molecule has 0 bridgehead atoms. The van der Waals surface area contributed by atoms with Crippen molar-refractivity contribution in [2.24, 2.45) is 0 Å². The van der Waals surface area contributed by atoms with Crippen LogP contribution in [0.1, 0.15) is 6.92 Å². The van der Waals surface area contributed by atoms with E-state index in [-0.39, 0.29) is 11.6 Å². The van der Waals surface area contributed by atoms with Crippen molar-refractivity contribution in [3.8, 4) is 0 Å². The van der Waals surface area contributed by atoms with Crippen LogP contribution in [0, 0.1) is 5.82 Å². The summed E-state index contributed by atoms with van der Waals surface area (Å²) in [6, 6.07) is 11.1.